The van der Waals surface area contributed by atoms with E-state index in [1.807, 2.05) is 12.1 Å². The van der Waals surface area contributed by atoms with Crippen LogP contribution in [-0.2, 0) is 6.42 Å². The lowest BCUT2D eigenvalue weighted by atomic mass is 9.92. The minimum Gasteiger partial charge on any atom is -0.314 e. The average molecular weight is 302 g/mol. The third-order valence-corrected chi connectivity index (χ3v) is 3.74. The zero-order valence-electron chi connectivity index (χ0n) is 10.8. The minimum atomic E-state index is -0.194. The van der Waals surface area contributed by atoms with Crippen LogP contribution < -0.4 is 5.32 Å². The maximum Gasteiger partial charge on any atom is 0.137 e. The highest BCUT2D eigenvalue weighted by atomic mass is 79.9. The molecule has 96 valence electrons. The zero-order valence-corrected chi connectivity index (χ0v) is 12.3. The van der Waals surface area contributed by atoms with Crippen LogP contribution in [0.2, 0.25) is 0 Å². The summed E-state index contributed by atoms with van der Waals surface area (Å²) in [5.74, 6) is 0.359. The van der Waals surface area contributed by atoms with Crippen LogP contribution >= 0.6 is 15.9 Å². The van der Waals surface area contributed by atoms with E-state index in [-0.39, 0.29) is 5.82 Å². The molecule has 0 heterocycles. The SMILES string of the molecule is CCNC(CC)C(C)Cc1ccc(F)c(Br)c1. The summed E-state index contributed by atoms with van der Waals surface area (Å²) in [4.78, 5) is 0. The van der Waals surface area contributed by atoms with Crippen LogP contribution in [0.5, 0.6) is 0 Å². The molecule has 0 radical (unpaired) electrons. The fourth-order valence-electron chi connectivity index (χ4n) is 2.19. The summed E-state index contributed by atoms with van der Waals surface area (Å²) in [5.41, 5.74) is 1.18. The Morgan fingerprint density at radius 3 is 2.59 bits per heavy atom. The van der Waals surface area contributed by atoms with E-state index >= 15 is 0 Å². The van der Waals surface area contributed by atoms with Crippen molar-refractivity contribution in [1.29, 1.82) is 0 Å². The quantitative estimate of drug-likeness (QED) is 0.832. The van der Waals surface area contributed by atoms with Gasteiger partial charge in [0.1, 0.15) is 5.82 Å². The molecule has 0 bridgehead atoms. The molecule has 2 atom stereocenters. The summed E-state index contributed by atoms with van der Waals surface area (Å²) in [6, 6.07) is 5.81. The summed E-state index contributed by atoms with van der Waals surface area (Å²) < 4.78 is 13.7. The van der Waals surface area contributed by atoms with Gasteiger partial charge in [0.2, 0.25) is 0 Å². The average Bonchev–Trinajstić information content (AvgIpc) is 2.30. The van der Waals surface area contributed by atoms with E-state index < -0.39 is 0 Å². The molecule has 0 spiro atoms. The van der Waals surface area contributed by atoms with E-state index in [0.29, 0.717) is 16.4 Å². The van der Waals surface area contributed by atoms with Gasteiger partial charge in [-0.3, -0.25) is 0 Å². The molecule has 1 nitrogen and oxygen atoms in total. The minimum absolute atomic E-state index is 0.194. The Bertz CT molecular complexity index is 354. The predicted octanol–water partition coefficient (Wildman–Crippen LogP) is 4.15. The smallest absolute Gasteiger partial charge is 0.137 e. The molecule has 0 aliphatic rings. The van der Waals surface area contributed by atoms with Crippen LogP contribution in [0.3, 0.4) is 0 Å². The van der Waals surface area contributed by atoms with Gasteiger partial charge in [-0.15, -0.1) is 0 Å². The number of hydrogen-bond acceptors (Lipinski definition) is 1. The van der Waals surface area contributed by atoms with Gasteiger partial charge >= 0.3 is 0 Å². The zero-order chi connectivity index (χ0) is 12.8. The molecule has 0 saturated carbocycles. The molecular formula is C14H21BrFN. The Morgan fingerprint density at radius 2 is 2.06 bits per heavy atom. The maximum absolute atomic E-state index is 13.1. The maximum atomic E-state index is 13.1. The number of benzene rings is 1. The summed E-state index contributed by atoms with van der Waals surface area (Å²) in [5, 5.41) is 3.49. The first-order chi connectivity index (χ1) is 8.08. The summed E-state index contributed by atoms with van der Waals surface area (Å²) >= 11 is 3.23. The third kappa shape index (κ3) is 4.40. The molecule has 0 aliphatic heterocycles. The van der Waals surface area contributed by atoms with Crippen LogP contribution in [0.25, 0.3) is 0 Å². The second-order valence-corrected chi connectivity index (χ2v) is 5.36. The molecule has 1 rings (SSSR count). The molecule has 0 amide bonds. The topological polar surface area (TPSA) is 12.0 Å². The van der Waals surface area contributed by atoms with Gasteiger partial charge in [0, 0.05) is 6.04 Å². The largest absolute Gasteiger partial charge is 0.314 e. The van der Waals surface area contributed by atoms with Gasteiger partial charge in [-0.05, 0) is 58.9 Å². The lowest BCUT2D eigenvalue weighted by Crippen LogP contribution is -2.35. The molecule has 1 N–H and O–H groups in total. The molecule has 0 aliphatic carbocycles. The lowest BCUT2D eigenvalue weighted by molar-refractivity contribution is 0.371. The van der Waals surface area contributed by atoms with Crippen LogP contribution in [0.1, 0.15) is 32.8 Å². The Balaban J connectivity index is 2.66. The van der Waals surface area contributed by atoms with E-state index in [1.54, 1.807) is 0 Å². The number of nitrogens with one attached hydrogen (secondary N) is 1. The Labute approximate surface area is 112 Å². The molecule has 17 heavy (non-hydrogen) atoms. The van der Waals surface area contributed by atoms with Crippen molar-refractivity contribution in [3.63, 3.8) is 0 Å². The fraction of sp³-hybridized carbons (Fsp3) is 0.571. The van der Waals surface area contributed by atoms with Crippen molar-refractivity contribution < 1.29 is 4.39 Å². The molecule has 1 aromatic rings. The van der Waals surface area contributed by atoms with Crippen LogP contribution in [0, 0.1) is 11.7 Å². The summed E-state index contributed by atoms with van der Waals surface area (Å²) in [6.07, 6.45) is 2.10. The Hall–Kier alpha value is -0.410. The van der Waals surface area contributed by atoms with E-state index in [1.165, 1.54) is 11.6 Å². The van der Waals surface area contributed by atoms with Crippen molar-refractivity contribution in [1.82, 2.24) is 5.32 Å². The monoisotopic (exact) mass is 301 g/mol. The number of hydrogen-bond donors (Lipinski definition) is 1. The molecular weight excluding hydrogens is 281 g/mol. The van der Waals surface area contributed by atoms with Gasteiger partial charge in [0.25, 0.3) is 0 Å². The molecule has 1 aromatic carbocycles. The van der Waals surface area contributed by atoms with Gasteiger partial charge in [-0.25, -0.2) is 4.39 Å². The van der Waals surface area contributed by atoms with E-state index in [4.69, 9.17) is 0 Å². The molecule has 2 unspecified atom stereocenters. The molecule has 0 saturated heterocycles. The molecule has 0 fully saturated rings. The van der Waals surface area contributed by atoms with Crippen LogP contribution in [0.15, 0.2) is 22.7 Å². The highest BCUT2D eigenvalue weighted by molar-refractivity contribution is 9.10. The summed E-state index contributed by atoms with van der Waals surface area (Å²) in [6.45, 7) is 7.57. The predicted molar refractivity (Wildman–Crippen MR) is 74.7 cm³/mol. The van der Waals surface area contributed by atoms with Gasteiger partial charge in [0.15, 0.2) is 0 Å². The Kier molecular flexibility index (Phi) is 6.14. The number of halogens is 2. The number of rotatable bonds is 6. The Morgan fingerprint density at radius 1 is 1.35 bits per heavy atom. The molecule has 0 aromatic heterocycles. The van der Waals surface area contributed by atoms with Crippen molar-refractivity contribution >= 4 is 15.9 Å². The normalized spacial score (nSPS) is 14.6. The van der Waals surface area contributed by atoms with Gasteiger partial charge in [-0.2, -0.15) is 0 Å². The van der Waals surface area contributed by atoms with Gasteiger partial charge < -0.3 is 5.32 Å². The highest BCUT2D eigenvalue weighted by Gasteiger charge is 2.15. The van der Waals surface area contributed by atoms with E-state index in [9.17, 15) is 4.39 Å². The standard InChI is InChI=1S/C14H21BrFN/c1-4-14(17-5-2)10(3)8-11-6-7-13(16)12(15)9-11/h6-7,9-10,14,17H,4-5,8H2,1-3H3. The van der Waals surface area contributed by atoms with Crippen molar-refractivity contribution in [2.24, 2.45) is 5.92 Å². The van der Waals surface area contributed by atoms with Crippen LogP contribution in [-0.4, -0.2) is 12.6 Å². The highest BCUT2D eigenvalue weighted by Crippen LogP contribution is 2.20. The molecule has 3 heteroatoms. The van der Waals surface area contributed by atoms with E-state index in [0.717, 1.165) is 19.4 Å². The fourth-order valence-corrected chi connectivity index (χ4v) is 2.62. The van der Waals surface area contributed by atoms with Crippen LogP contribution in [0.4, 0.5) is 4.39 Å². The van der Waals surface area contributed by atoms with Crippen molar-refractivity contribution in [2.75, 3.05) is 6.54 Å². The first-order valence-corrected chi connectivity index (χ1v) is 7.05. The van der Waals surface area contributed by atoms with Crippen molar-refractivity contribution in [2.45, 2.75) is 39.7 Å². The van der Waals surface area contributed by atoms with E-state index in [2.05, 4.69) is 42.0 Å². The second kappa shape index (κ2) is 7.12. The van der Waals surface area contributed by atoms with Gasteiger partial charge in [-0.1, -0.05) is 26.8 Å². The lowest BCUT2D eigenvalue weighted by Gasteiger charge is -2.23. The first kappa shape index (κ1) is 14.7. The third-order valence-electron chi connectivity index (χ3n) is 3.13. The van der Waals surface area contributed by atoms with Crippen molar-refractivity contribution in [3.05, 3.63) is 34.1 Å². The first-order valence-electron chi connectivity index (χ1n) is 6.25. The summed E-state index contributed by atoms with van der Waals surface area (Å²) in [7, 11) is 0. The second-order valence-electron chi connectivity index (χ2n) is 4.50. The van der Waals surface area contributed by atoms with Crippen molar-refractivity contribution in [3.8, 4) is 0 Å². The van der Waals surface area contributed by atoms with Gasteiger partial charge in [0.05, 0.1) is 4.47 Å².